The topological polar surface area (TPSA) is 49.4 Å². The fourth-order valence-corrected chi connectivity index (χ4v) is 3.25. The molecule has 28 heavy (non-hydrogen) atoms. The maximum atomic E-state index is 12.7. The van der Waals surface area contributed by atoms with Crippen LogP contribution in [0.3, 0.4) is 0 Å². The van der Waals surface area contributed by atoms with Crippen LogP contribution in [0.25, 0.3) is 0 Å². The Morgan fingerprint density at radius 3 is 2.39 bits per heavy atom. The van der Waals surface area contributed by atoms with E-state index in [-0.39, 0.29) is 16.8 Å². The third kappa shape index (κ3) is 4.91. The monoisotopic (exact) mass is 412 g/mol. The van der Waals surface area contributed by atoms with Crippen LogP contribution in [0.2, 0.25) is 10.0 Å². The molecule has 0 unspecified atom stereocenters. The number of halogens is 2. The number of hydrogen-bond acceptors (Lipinski definition) is 2. The lowest BCUT2D eigenvalue weighted by Crippen LogP contribution is -2.26. The highest BCUT2D eigenvalue weighted by Crippen LogP contribution is 2.22. The van der Waals surface area contributed by atoms with Crippen LogP contribution in [0, 0.1) is 0 Å². The van der Waals surface area contributed by atoms with Crippen molar-refractivity contribution < 1.29 is 9.59 Å². The summed E-state index contributed by atoms with van der Waals surface area (Å²) in [6, 6.07) is 21.2. The van der Waals surface area contributed by atoms with E-state index in [0.717, 1.165) is 5.56 Å². The van der Waals surface area contributed by atoms with Crippen molar-refractivity contribution in [2.45, 2.75) is 6.54 Å². The van der Waals surface area contributed by atoms with Crippen molar-refractivity contribution in [1.82, 2.24) is 4.90 Å². The first-order chi connectivity index (χ1) is 13.4. The second-order valence-electron chi connectivity index (χ2n) is 6.31. The van der Waals surface area contributed by atoms with Crippen LogP contribution < -0.4 is 5.32 Å². The first-order valence-corrected chi connectivity index (χ1v) is 9.35. The summed E-state index contributed by atoms with van der Waals surface area (Å²) in [5.74, 6) is -0.506. The molecule has 0 fully saturated rings. The number of anilines is 1. The number of nitrogens with one attached hydrogen (secondary N) is 1. The summed E-state index contributed by atoms with van der Waals surface area (Å²) in [6.07, 6.45) is 0. The van der Waals surface area contributed by atoms with E-state index < -0.39 is 0 Å². The largest absolute Gasteiger partial charge is 0.337 e. The molecule has 0 aliphatic carbocycles. The molecule has 142 valence electrons. The van der Waals surface area contributed by atoms with Crippen LogP contribution in [0.5, 0.6) is 0 Å². The zero-order valence-corrected chi connectivity index (χ0v) is 16.7. The fourth-order valence-electron chi connectivity index (χ4n) is 2.75. The molecule has 3 aromatic carbocycles. The quantitative estimate of drug-likeness (QED) is 0.599. The third-order valence-electron chi connectivity index (χ3n) is 4.15. The summed E-state index contributed by atoms with van der Waals surface area (Å²) in [6.45, 7) is 0.497. The van der Waals surface area contributed by atoms with Crippen molar-refractivity contribution in [1.29, 1.82) is 0 Å². The lowest BCUT2D eigenvalue weighted by atomic mass is 10.1. The predicted molar refractivity (Wildman–Crippen MR) is 113 cm³/mol. The van der Waals surface area contributed by atoms with Gasteiger partial charge in [-0.3, -0.25) is 9.59 Å². The molecule has 0 aliphatic rings. The Hall–Kier alpha value is -2.82. The van der Waals surface area contributed by atoms with Crippen LogP contribution in [0.1, 0.15) is 26.3 Å². The van der Waals surface area contributed by atoms with Crippen LogP contribution in [0.4, 0.5) is 5.69 Å². The highest BCUT2D eigenvalue weighted by Gasteiger charge is 2.15. The molecular formula is C22H18Cl2N2O2. The lowest BCUT2D eigenvalue weighted by Gasteiger charge is -2.18. The molecule has 0 spiro atoms. The Labute approximate surface area is 173 Å². The van der Waals surface area contributed by atoms with E-state index >= 15 is 0 Å². The van der Waals surface area contributed by atoms with Gasteiger partial charge in [-0.2, -0.15) is 0 Å². The molecule has 2 amide bonds. The molecule has 0 heterocycles. The highest BCUT2D eigenvalue weighted by molar-refractivity contribution is 6.37. The Balaban J connectivity index is 1.72. The SMILES string of the molecule is CN(Cc1ccccc1)C(=O)c1cccc(NC(=O)c2ccc(Cl)cc2Cl)c1. The molecule has 0 radical (unpaired) electrons. The maximum Gasteiger partial charge on any atom is 0.257 e. The molecule has 0 atom stereocenters. The number of hydrogen-bond donors (Lipinski definition) is 1. The molecule has 0 bridgehead atoms. The molecule has 3 rings (SSSR count). The second-order valence-corrected chi connectivity index (χ2v) is 7.15. The molecule has 0 aromatic heterocycles. The maximum absolute atomic E-state index is 12.7. The van der Waals surface area contributed by atoms with E-state index in [1.165, 1.54) is 6.07 Å². The van der Waals surface area contributed by atoms with Crippen LogP contribution in [0.15, 0.2) is 72.8 Å². The molecule has 6 heteroatoms. The molecule has 1 N–H and O–H groups in total. The third-order valence-corrected chi connectivity index (χ3v) is 4.70. The van der Waals surface area contributed by atoms with Gasteiger partial charge in [0, 0.05) is 29.9 Å². The van der Waals surface area contributed by atoms with Gasteiger partial charge in [0.25, 0.3) is 11.8 Å². The van der Waals surface area contributed by atoms with Gasteiger partial charge in [0.05, 0.1) is 10.6 Å². The van der Waals surface area contributed by atoms with Gasteiger partial charge in [0.2, 0.25) is 0 Å². The van der Waals surface area contributed by atoms with E-state index in [2.05, 4.69) is 5.32 Å². The van der Waals surface area contributed by atoms with Crippen molar-refractivity contribution in [2.24, 2.45) is 0 Å². The second kappa shape index (κ2) is 8.91. The summed E-state index contributed by atoms with van der Waals surface area (Å²) in [7, 11) is 1.74. The number of carbonyl (C=O) groups excluding carboxylic acids is 2. The van der Waals surface area contributed by atoms with E-state index in [9.17, 15) is 9.59 Å². The number of carbonyl (C=O) groups is 2. The minimum absolute atomic E-state index is 0.135. The molecule has 0 saturated carbocycles. The standard InChI is InChI=1S/C22H18Cl2N2O2/c1-26(14-15-6-3-2-4-7-15)22(28)16-8-5-9-18(12-16)25-21(27)19-11-10-17(23)13-20(19)24/h2-13H,14H2,1H3,(H,25,27). The Bertz CT molecular complexity index is 1010. The van der Waals surface area contributed by atoms with Crippen molar-refractivity contribution >= 4 is 40.7 Å². The number of rotatable bonds is 5. The van der Waals surface area contributed by atoms with Crippen LogP contribution in [-0.4, -0.2) is 23.8 Å². The van der Waals surface area contributed by atoms with Gasteiger partial charge in [-0.05, 0) is 42.0 Å². The van der Waals surface area contributed by atoms with Crippen molar-refractivity contribution in [3.63, 3.8) is 0 Å². The van der Waals surface area contributed by atoms with Gasteiger partial charge >= 0.3 is 0 Å². The summed E-state index contributed by atoms with van der Waals surface area (Å²) in [5, 5.41) is 3.48. The molecule has 0 aliphatic heterocycles. The molecule has 4 nitrogen and oxygen atoms in total. The normalized spacial score (nSPS) is 10.4. The Morgan fingerprint density at radius 1 is 0.929 bits per heavy atom. The zero-order valence-electron chi connectivity index (χ0n) is 15.2. The van der Waals surface area contributed by atoms with Gasteiger partial charge in [-0.1, -0.05) is 59.6 Å². The minimum atomic E-state index is -0.371. The molecule has 0 saturated heterocycles. The smallest absolute Gasteiger partial charge is 0.257 e. The minimum Gasteiger partial charge on any atom is -0.337 e. The van der Waals surface area contributed by atoms with Gasteiger partial charge in [0.1, 0.15) is 0 Å². The van der Waals surface area contributed by atoms with Gasteiger partial charge < -0.3 is 10.2 Å². The lowest BCUT2D eigenvalue weighted by molar-refractivity contribution is 0.0784. The number of amides is 2. The average Bonchev–Trinajstić information content (AvgIpc) is 2.68. The summed E-state index contributed by atoms with van der Waals surface area (Å²) in [5.41, 5.74) is 2.34. The van der Waals surface area contributed by atoms with Gasteiger partial charge in [-0.25, -0.2) is 0 Å². The first-order valence-electron chi connectivity index (χ1n) is 8.60. The zero-order chi connectivity index (χ0) is 20.1. The van der Waals surface area contributed by atoms with Gasteiger partial charge in [0.15, 0.2) is 0 Å². The highest BCUT2D eigenvalue weighted by atomic mass is 35.5. The fraction of sp³-hybridized carbons (Fsp3) is 0.0909. The summed E-state index contributed by atoms with van der Waals surface area (Å²) in [4.78, 5) is 26.8. The number of nitrogens with zero attached hydrogens (tertiary/aromatic N) is 1. The molecule has 3 aromatic rings. The summed E-state index contributed by atoms with van der Waals surface area (Å²) >= 11 is 12.0. The number of benzene rings is 3. The van der Waals surface area contributed by atoms with Gasteiger partial charge in [-0.15, -0.1) is 0 Å². The van der Waals surface area contributed by atoms with Crippen molar-refractivity contribution in [2.75, 3.05) is 12.4 Å². The predicted octanol–water partition coefficient (Wildman–Crippen LogP) is 5.52. The van der Waals surface area contributed by atoms with Crippen LogP contribution in [-0.2, 0) is 6.54 Å². The van der Waals surface area contributed by atoms with E-state index in [1.807, 2.05) is 30.3 Å². The van der Waals surface area contributed by atoms with Crippen molar-refractivity contribution in [3.8, 4) is 0 Å². The average molecular weight is 413 g/mol. The van der Waals surface area contributed by atoms with E-state index in [4.69, 9.17) is 23.2 Å². The Morgan fingerprint density at radius 2 is 1.68 bits per heavy atom. The summed E-state index contributed by atoms with van der Waals surface area (Å²) < 4.78 is 0. The van der Waals surface area contributed by atoms with Crippen molar-refractivity contribution in [3.05, 3.63) is 99.5 Å². The molecular weight excluding hydrogens is 395 g/mol. The Kier molecular flexibility index (Phi) is 6.34. The van der Waals surface area contributed by atoms with E-state index in [0.29, 0.717) is 28.4 Å². The van der Waals surface area contributed by atoms with E-state index in [1.54, 1.807) is 48.3 Å². The first kappa shape index (κ1) is 19.9. The van der Waals surface area contributed by atoms with Crippen LogP contribution >= 0.6 is 23.2 Å².